The number of rotatable bonds is 4. The minimum atomic E-state index is 0.0743. The normalized spacial score (nSPS) is 20.1. The summed E-state index contributed by atoms with van der Waals surface area (Å²) in [6.45, 7) is 6.74. The second-order valence-corrected chi connectivity index (χ2v) is 5.91. The molecule has 2 aliphatic rings. The predicted molar refractivity (Wildman–Crippen MR) is 74.4 cm³/mol. The van der Waals surface area contributed by atoms with E-state index in [-0.39, 0.29) is 11.3 Å². The number of hydrogen-bond acceptors (Lipinski definition) is 3. The molecule has 0 radical (unpaired) electrons. The van der Waals surface area contributed by atoms with Gasteiger partial charge in [-0.1, -0.05) is 26.0 Å². The molecule has 3 rings (SSSR count). The Balaban J connectivity index is 1.84. The average Bonchev–Trinajstić information content (AvgIpc) is 2.66. The molecular weight excluding hydrogens is 240 g/mol. The highest BCUT2D eigenvalue weighted by atomic mass is 16.5. The first-order valence-corrected chi connectivity index (χ1v) is 6.83. The van der Waals surface area contributed by atoms with Crippen LogP contribution in [0.3, 0.4) is 0 Å². The van der Waals surface area contributed by atoms with Gasteiger partial charge in [-0.25, -0.2) is 0 Å². The molecule has 2 N–H and O–H groups in total. The van der Waals surface area contributed by atoms with Gasteiger partial charge < -0.3 is 15.4 Å². The molecule has 1 fully saturated rings. The topological polar surface area (TPSA) is 50.4 Å². The lowest BCUT2D eigenvalue weighted by Gasteiger charge is -2.43. The molecule has 0 spiro atoms. The third-order valence-corrected chi connectivity index (χ3v) is 3.95. The number of carbonyl (C=O) groups is 1. The van der Waals surface area contributed by atoms with Crippen molar-refractivity contribution in [1.82, 2.24) is 5.32 Å². The van der Waals surface area contributed by atoms with E-state index in [1.165, 1.54) is 5.56 Å². The summed E-state index contributed by atoms with van der Waals surface area (Å²) in [5.74, 6) is 0.0892. The fraction of sp³-hybridized carbons (Fsp3) is 0.533. The van der Waals surface area contributed by atoms with Gasteiger partial charge in [-0.05, 0) is 17.2 Å². The molecule has 0 saturated carbocycles. The van der Waals surface area contributed by atoms with Crippen molar-refractivity contribution in [3.05, 3.63) is 29.3 Å². The van der Waals surface area contributed by atoms with E-state index in [0.29, 0.717) is 12.5 Å². The molecule has 2 aliphatic heterocycles. The third kappa shape index (κ3) is 2.26. The zero-order valence-corrected chi connectivity index (χ0v) is 11.5. The Hall–Kier alpha value is -1.39. The summed E-state index contributed by atoms with van der Waals surface area (Å²) in [7, 11) is 0. The van der Waals surface area contributed by atoms with Crippen molar-refractivity contribution in [2.24, 2.45) is 0 Å². The maximum absolute atomic E-state index is 11.4. The van der Waals surface area contributed by atoms with Crippen LogP contribution in [0, 0.1) is 0 Å². The van der Waals surface area contributed by atoms with Crippen molar-refractivity contribution in [3.63, 3.8) is 0 Å². The molecule has 1 aromatic carbocycles. The lowest BCUT2D eigenvalue weighted by molar-refractivity contribution is -0.115. The Morgan fingerprint density at radius 3 is 2.84 bits per heavy atom. The van der Waals surface area contributed by atoms with E-state index in [2.05, 4.69) is 36.6 Å². The first-order chi connectivity index (χ1) is 9.09. The molecule has 4 nitrogen and oxygen atoms in total. The zero-order chi connectivity index (χ0) is 13.5. The van der Waals surface area contributed by atoms with Crippen molar-refractivity contribution in [2.45, 2.75) is 31.7 Å². The summed E-state index contributed by atoms with van der Waals surface area (Å²) in [6, 6.07) is 6.77. The molecule has 4 heteroatoms. The van der Waals surface area contributed by atoms with Gasteiger partial charge in [0.2, 0.25) is 5.91 Å². The standard InChI is InChI=1S/C15H20N2O2/c1-10(2)16-7-15(8-19-9-15)12-3-4-13-11(5-12)6-14(18)17-13/h3-5,10,16H,6-9H2,1-2H3,(H,17,18). The lowest BCUT2D eigenvalue weighted by Crippen LogP contribution is -2.54. The van der Waals surface area contributed by atoms with Gasteiger partial charge in [-0.2, -0.15) is 0 Å². The minimum Gasteiger partial charge on any atom is -0.379 e. The maximum Gasteiger partial charge on any atom is 0.228 e. The van der Waals surface area contributed by atoms with Gasteiger partial charge >= 0.3 is 0 Å². The number of hydrogen-bond donors (Lipinski definition) is 2. The first kappa shape index (κ1) is 12.6. The summed E-state index contributed by atoms with van der Waals surface area (Å²) in [4.78, 5) is 11.4. The molecule has 19 heavy (non-hydrogen) atoms. The van der Waals surface area contributed by atoms with Crippen LogP contribution in [0.4, 0.5) is 5.69 Å². The number of ether oxygens (including phenoxy) is 1. The van der Waals surface area contributed by atoms with E-state index >= 15 is 0 Å². The second-order valence-electron chi connectivity index (χ2n) is 5.91. The van der Waals surface area contributed by atoms with Gasteiger partial charge in [-0.3, -0.25) is 4.79 Å². The molecule has 0 atom stereocenters. The Morgan fingerprint density at radius 2 is 2.21 bits per heavy atom. The number of carbonyl (C=O) groups excluding carboxylic acids is 1. The van der Waals surface area contributed by atoms with E-state index in [9.17, 15) is 4.79 Å². The van der Waals surface area contributed by atoms with Gasteiger partial charge in [0.1, 0.15) is 0 Å². The fourth-order valence-electron chi connectivity index (χ4n) is 2.68. The van der Waals surface area contributed by atoms with E-state index in [1.807, 2.05) is 6.07 Å². The largest absolute Gasteiger partial charge is 0.379 e. The monoisotopic (exact) mass is 260 g/mol. The highest BCUT2D eigenvalue weighted by Crippen LogP contribution is 2.35. The van der Waals surface area contributed by atoms with Gasteiger partial charge in [0.05, 0.1) is 25.0 Å². The highest BCUT2D eigenvalue weighted by Gasteiger charge is 2.40. The Bertz CT molecular complexity index is 507. The molecule has 1 saturated heterocycles. The summed E-state index contributed by atoms with van der Waals surface area (Å²) < 4.78 is 5.44. The number of amides is 1. The van der Waals surface area contributed by atoms with E-state index < -0.39 is 0 Å². The SMILES string of the molecule is CC(C)NCC1(c2ccc3c(c2)CC(=O)N3)COC1. The van der Waals surface area contributed by atoms with Gasteiger partial charge in [-0.15, -0.1) is 0 Å². The molecule has 0 aromatic heterocycles. The van der Waals surface area contributed by atoms with Crippen molar-refractivity contribution < 1.29 is 9.53 Å². The molecule has 0 bridgehead atoms. The highest BCUT2D eigenvalue weighted by molar-refractivity contribution is 5.99. The summed E-state index contributed by atoms with van der Waals surface area (Å²) in [5.41, 5.74) is 3.42. The molecule has 1 amide bonds. The summed E-state index contributed by atoms with van der Waals surface area (Å²) >= 11 is 0. The van der Waals surface area contributed by atoms with Crippen LogP contribution in [0.1, 0.15) is 25.0 Å². The number of fused-ring (bicyclic) bond motifs is 1. The fourth-order valence-corrected chi connectivity index (χ4v) is 2.68. The van der Waals surface area contributed by atoms with Gasteiger partial charge in [0.15, 0.2) is 0 Å². The van der Waals surface area contributed by atoms with Crippen LogP contribution in [0.5, 0.6) is 0 Å². The number of nitrogens with one attached hydrogen (secondary N) is 2. The molecule has 102 valence electrons. The molecule has 2 heterocycles. The molecule has 0 aliphatic carbocycles. The van der Waals surface area contributed by atoms with E-state index in [4.69, 9.17) is 4.74 Å². The van der Waals surface area contributed by atoms with Crippen LogP contribution in [-0.2, 0) is 21.4 Å². The number of anilines is 1. The van der Waals surface area contributed by atoms with Crippen LogP contribution in [0.25, 0.3) is 0 Å². The van der Waals surface area contributed by atoms with Crippen molar-refractivity contribution in [3.8, 4) is 0 Å². The van der Waals surface area contributed by atoms with Gasteiger partial charge in [0.25, 0.3) is 0 Å². The van der Waals surface area contributed by atoms with Gasteiger partial charge in [0, 0.05) is 18.3 Å². The van der Waals surface area contributed by atoms with Crippen LogP contribution in [-0.4, -0.2) is 31.7 Å². The quantitative estimate of drug-likeness (QED) is 0.861. The van der Waals surface area contributed by atoms with Crippen LogP contribution < -0.4 is 10.6 Å². The zero-order valence-electron chi connectivity index (χ0n) is 11.5. The lowest BCUT2D eigenvalue weighted by atomic mass is 9.77. The first-order valence-electron chi connectivity index (χ1n) is 6.83. The van der Waals surface area contributed by atoms with E-state index in [1.54, 1.807) is 0 Å². The maximum atomic E-state index is 11.4. The summed E-state index contributed by atoms with van der Waals surface area (Å²) in [6.07, 6.45) is 0.498. The Kier molecular flexibility index (Phi) is 3.07. The Morgan fingerprint density at radius 1 is 1.42 bits per heavy atom. The third-order valence-electron chi connectivity index (χ3n) is 3.95. The second kappa shape index (κ2) is 4.62. The van der Waals surface area contributed by atoms with Crippen LogP contribution in [0.2, 0.25) is 0 Å². The van der Waals surface area contributed by atoms with Crippen molar-refractivity contribution in [2.75, 3.05) is 25.1 Å². The molecule has 0 unspecified atom stereocenters. The van der Waals surface area contributed by atoms with E-state index in [0.717, 1.165) is 31.0 Å². The van der Waals surface area contributed by atoms with Crippen LogP contribution in [0.15, 0.2) is 18.2 Å². The smallest absolute Gasteiger partial charge is 0.228 e. The summed E-state index contributed by atoms with van der Waals surface area (Å²) in [5, 5.41) is 6.38. The number of benzene rings is 1. The molecule has 1 aromatic rings. The molecular formula is C15H20N2O2. The predicted octanol–water partition coefficient (Wildman–Crippen LogP) is 1.45. The Labute approximate surface area is 113 Å². The minimum absolute atomic E-state index is 0.0743. The average molecular weight is 260 g/mol. The van der Waals surface area contributed by atoms with Crippen LogP contribution >= 0.6 is 0 Å². The van der Waals surface area contributed by atoms with Crippen molar-refractivity contribution >= 4 is 11.6 Å². The van der Waals surface area contributed by atoms with Crippen molar-refractivity contribution in [1.29, 1.82) is 0 Å².